The van der Waals surface area contributed by atoms with E-state index in [1.54, 1.807) is 0 Å². The summed E-state index contributed by atoms with van der Waals surface area (Å²) in [5, 5.41) is 0. The van der Waals surface area contributed by atoms with Crippen LogP contribution in [0.4, 0.5) is 0 Å². The molecule has 0 saturated carbocycles. The highest BCUT2D eigenvalue weighted by atomic mass is 35.7. The van der Waals surface area contributed by atoms with E-state index in [-0.39, 0.29) is 4.90 Å². The van der Waals surface area contributed by atoms with Crippen molar-refractivity contribution in [3.63, 3.8) is 0 Å². The molecule has 0 aliphatic carbocycles. The zero-order chi connectivity index (χ0) is 9.19. The minimum atomic E-state index is -3.68. The molecular weight excluding hydrogens is 200 g/mol. The molecule has 0 amide bonds. The van der Waals surface area contributed by atoms with Crippen molar-refractivity contribution in [1.82, 2.24) is 9.97 Å². The third-order valence-electron chi connectivity index (χ3n) is 1.28. The number of hydrogen-bond acceptors (Lipinski definition) is 4. The van der Waals surface area contributed by atoms with Crippen LogP contribution in [0.15, 0.2) is 17.3 Å². The van der Waals surface area contributed by atoms with Crippen LogP contribution < -0.4 is 0 Å². The van der Waals surface area contributed by atoms with Gasteiger partial charge in [-0.25, -0.2) is 18.4 Å². The molecule has 0 aliphatic heterocycles. The van der Waals surface area contributed by atoms with Crippen LogP contribution in [0.3, 0.4) is 0 Å². The van der Waals surface area contributed by atoms with E-state index in [1.165, 1.54) is 12.4 Å². The summed E-state index contributed by atoms with van der Waals surface area (Å²) >= 11 is 0. The molecule has 12 heavy (non-hydrogen) atoms. The fraction of sp³-hybridized carbons (Fsp3) is 0.333. The van der Waals surface area contributed by atoms with Gasteiger partial charge in [-0.2, -0.15) is 0 Å². The van der Waals surface area contributed by atoms with Gasteiger partial charge in [-0.15, -0.1) is 0 Å². The Bertz CT molecular complexity index is 360. The molecule has 4 nitrogen and oxygen atoms in total. The van der Waals surface area contributed by atoms with Gasteiger partial charge in [0.25, 0.3) is 9.05 Å². The molecule has 1 rings (SSSR count). The smallest absolute Gasteiger partial charge is 0.240 e. The van der Waals surface area contributed by atoms with Crippen LogP contribution in [0.25, 0.3) is 0 Å². The molecule has 0 atom stereocenters. The van der Waals surface area contributed by atoms with Crippen molar-refractivity contribution in [2.24, 2.45) is 0 Å². The Morgan fingerprint density at radius 2 is 1.92 bits per heavy atom. The Morgan fingerprint density at radius 3 is 2.25 bits per heavy atom. The van der Waals surface area contributed by atoms with Gasteiger partial charge >= 0.3 is 0 Å². The molecule has 1 heterocycles. The molecular formula is C6H7ClN2O2S. The van der Waals surface area contributed by atoms with Crippen molar-refractivity contribution in [3.8, 4) is 0 Å². The van der Waals surface area contributed by atoms with Crippen LogP contribution in [-0.4, -0.2) is 18.4 Å². The maximum atomic E-state index is 10.7. The maximum Gasteiger partial charge on any atom is 0.264 e. The van der Waals surface area contributed by atoms with E-state index in [2.05, 4.69) is 9.97 Å². The fourth-order valence-electron chi connectivity index (χ4n) is 0.651. The highest BCUT2D eigenvalue weighted by molar-refractivity contribution is 8.13. The molecule has 0 unspecified atom stereocenters. The lowest BCUT2D eigenvalue weighted by molar-refractivity contribution is 0.608. The van der Waals surface area contributed by atoms with E-state index in [9.17, 15) is 8.42 Å². The van der Waals surface area contributed by atoms with E-state index in [4.69, 9.17) is 10.7 Å². The summed E-state index contributed by atoms with van der Waals surface area (Å²) in [6, 6.07) is 0. The van der Waals surface area contributed by atoms with Gasteiger partial charge in [0.2, 0.25) is 0 Å². The number of halogens is 1. The standard InChI is InChI=1S/C6H7ClN2O2S/c1-2-6-8-3-5(4-9-6)12(7,10)11/h3-4H,2H2,1H3. The summed E-state index contributed by atoms with van der Waals surface area (Å²) < 4.78 is 21.4. The summed E-state index contributed by atoms with van der Waals surface area (Å²) in [5.74, 6) is 0.596. The monoisotopic (exact) mass is 206 g/mol. The first-order valence-electron chi connectivity index (χ1n) is 3.29. The number of nitrogens with zero attached hydrogens (tertiary/aromatic N) is 2. The highest BCUT2D eigenvalue weighted by Crippen LogP contribution is 2.11. The highest BCUT2D eigenvalue weighted by Gasteiger charge is 2.09. The molecule has 1 aromatic rings. The van der Waals surface area contributed by atoms with Crippen LogP contribution in [0.1, 0.15) is 12.7 Å². The van der Waals surface area contributed by atoms with Crippen LogP contribution >= 0.6 is 10.7 Å². The lowest BCUT2D eigenvalue weighted by Gasteiger charge is -1.95. The molecule has 0 radical (unpaired) electrons. The second-order valence-corrected chi connectivity index (χ2v) is 4.69. The van der Waals surface area contributed by atoms with Gasteiger partial charge in [-0.3, -0.25) is 0 Å². The predicted octanol–water partition coefficient (Wildman–Crippen LogP) is 0.966. The first-order chi connectivity index (χ1) is 5.54. The quantitative estimate of drug-likeness (QED) is 0.677. The Balaban J connectivity index is 3.09. The van der Waals surface area contributed by atoms with Crippen molar-refractivity contribution in [2.45, 2.75) is 18.2 Å². The second kappa shape index (κ2) is 3.37. The van der Waals surface area contributed by atoms with Crippen LogP contribution in [0.5, 0.6) is 0 Å². The minimum absolute atomic E-state index is 0.0682. The summed E-state index contributed by atoms with van der Waals surface area (Å²) in [5.41, 5.74) is 0. The molecule has 0 saturated heterocycles. The second-order valence-electron chi connectivity index (χ2n) is 2.13. The third kappa shape index (κ3) is 2.15. The predicted molar refractivity (Wildman–Crippen MR) is 44.4 cm³/mol. The van der Waals surface area contributed by atoms with Gasteiger partial charge in [0, 0.05) is 17.1 Å². The largest absolute Gasteiger partial charge is 0.264 e. The van der Waals surface area contributed by atoms with E-state index in [0.717, 1.165) is 0 Å². The number of rotatable bonds is 2. The molecule has 0 N–H and O–H groups in total. The SMILES string of the molecule is CCc1ncc(S(=O)(=O)Cl)cn1. The molecule has 0 bridgehead atoms. The molecule has 0 aromatic carbocycles. The molecule has 1 aromatic heterocycles. The minimum Gasteiger partial charge on any atom is -0.240 e. The van der Waals surface area contributed by atoms with Crippen molar-refractivity contribution >= 4 is 19.7 Å². The first kappa shape index (κ1) is 9.41. The van der Waals surface area contributed by atoms with E-state index in [1.807, 2.05) is 6.92 Å². The molecule has 0 spiro atoms. The zero-order valence-electron chi connectivity index (χ0n) is 6.36. The molecule has 6 heteroatoms. The van der Waals surface area contributed by atoms with Gasteiger partial charge in [-0.05, 0) is 0 Å². The average molecular weight is 207 g/mol. The maximum absolute atomic E-state index is 10.7. The summed E-state index contributed by atoms with van der Waals surface area (Å²) in [4.78, 5) is 7.51. The van der Waals surface area contributed by atoms with Crippen molar-refractivity contribution in [2.75, 3.05) is 0 Å². The van der Waals surface area contributed by atoms with Crippen LogP contribution in [-0.2, 0) is 15.5 Å². The summed E-state index contributed by atoms with van der Waals surface area (Å²) in [6.07, 6.45) is 3.07. The lowest BCUT2D eigenvalue weighted by Crippen LogP contribution is -1.97. The van der Waals surface area contributed by atoms with Gasteiger partial charge in [-0.1, -0.05) is 6.92 Å². The van der Waals surface area contributed by atoms with E-state index in [0.29, 0.717) is 12.2 Å². The van der Waals surface area contributed by atoms with E-state index >= 15 is 0 Å². The van der Waals surface area contributed by atoms with Crippen molar-refractivity contribution in [1.29, 1.82) is 0 Å². The molecule has 66 valence electrons. The number of hydrogen-bond donors (Lipinski definition) is 0. The average Bonchev–Trinajstić information content (AvgIpc) is 2.03. The molecule has 0 aliphatic rings. The van der Waals surface area contributed by atoms with Crippen molar-refractivity contribution < 1.29 is 8.42 Å². The summed E-state index contributed by atoms with van der Waals surface area (Å²) in [7, 11) is 1.37. The third-order valence-corrected chi connectivity index (χ3v) is 2.59. The Morgan fingerprint density at radius 1 is 1.42 bits per heavy atom. The van der Waals surface area contributed by atoms with Gasteiger partial charge < -0.3 is 0 Å². The Labute approximate surface area is 75.0 Å². The molecule has 0 fully saturated rings. The Kier molecular flexibility index (Phi) is 2.64. The topological polar surface area (TPSA) is 59.9 Å². The van der Waals surface area contributed by atoms with Crippen molar-refractivity contribution in [3.05, 3.63) is 18.2 Å². The van der Waals surface area contributed by atoms with Crippen LogP contribution in [0.2, 0.25) is 0 Å². The number of aromatic nitrogens is 2. The fourth-order valence-corrected chi connectivity index (χ4v) is 1.25. The number of aryl methyl sites for hydroxylation is 1. The van der Waals surface area contributed by atoms with Gasteiger partial charge in [0.1, 0.15) is 10.7 Å². The zero-order valence-corrected chi connectivity index (χ0v) is 7.93. The van der Waals surface area contributed by atoms with Gasteiger partial charge in [0.05, 0.1) is 12.4 Å². The van der Waals surface area contributed by atoms with E-state index < -0.39 is 9.05 Å². The first-order valence-corrected chi connectivity index (χ1v) is 5.60. The van der Waals surface area contributed by atoms with Crippen LogP contribution in [0, 0.1) is 0 Å². The summed E-state index contributed by atoms with van der Waals surface area (Å²) in [6.45, 7) is 1.88. The Hall–Kier alpha value is -0.680. The normalized spacial score (nSPS) is 11.5. The lowest BCUT2D eigenvalue weighted by atomic mass is 10.4. The van der Waals surface area contributed by atoms with Gasteiger partial charge in [0.15, 0.2) is 0 Å².